The number of carbonyl (C=O) groups excluding carboxylic acids is 1. The molecule has 0 aliphatic heterocycles. The van der Waals surface area contributed by atoms with Gasteiger partial charge < -0.3 is 16.2 Å². The van der Waals surface area contributed by atoms with Gasteiger partial charge in [-0.25, -0.2) is 4.98 Å². The lowest BCUT2D eigenvalue weighted by molar-refractivity contribution is -0.141. The second-order valence-corrected chi connectivity index (χ2v) is 4.10. The van der Waals surface area contributed by atoms with E-state index in [0.29, 0.717) is 24.3 Å². The quantitative estimate of drug-likeness (QED) is 0.629. The van der Waals surface area contributed by atoms with E-state index < -0.39 is 11.9 Å². The molecule has 1 atom stereocenters. The van der Waals surface area contributed by atoms with Crippen LogP contribution in [0.4, 0.5) is 5.82 Å². The van der Waals surface area contributed by atoms with E-state index in [1.807, 2.05) is 0 Å². The lowest BCUT2D eigenvalue weighted by atomic mass is 10.1. The van der Waals surface area contributed by atoms with Gasteiger partial charge in [0.15, 0.2) is 0 Å². The standard InChI is InChI=1S/C12H17N3O3/c1-8(12(17)18)3-2-6-14-10-5-4-9(7-15-10)11(13)16/h4-5,7-8H,2-3,6H2,1H3,(H2,13,16)(H,14,15)(H,17,18). The Morgan fingerprint density at radius 2 is 2.22 bits per heavy atom. The van der Waals surface area contributed by atoms with Crippen molar-refractivity contribution in [2.45, 2.75) is 19.8 Å². The summed E-state index contributed by atoms with van der Waals surface area (Å²) in [5.41, 5.74) is 5.45. The van der Waals surface area contributed by atoms with Crippen LogP contribution in [0.2, 0.25) is 0 Å². The number of amides is 1. The first kappa shape index (κ1) is 14.0. The summed E-state index contributed by atoms with van der Waals surface area (Å²) in [5, 5.41) is 11.8. The van der Waals surface area contributed by atoms with Gasteiger partial charge in [-0.05, 0) is 25.0 Å². The van der Waals surface area contributed by atoms with Crippen LogP contribution in [0.15, 0.2) is 18.3 Å². The largest absolute Gasteiger partial charge is 0.481 e. The Labute approximate surface area is 105 Å². The summed E-state index contributed by atoms with van der Waals surface area (Å²) in [7, 11) is 0. The third-order valence-electron chi connectivity index (χ3n) is 2.59. The fraction of sp³-hybridized carbons (Fsp3) is 0.417. The lowest BCUT2D eigenvalue weighted by Gasteiger charge is -2.07. The Bertz CT molecular complexity index is 417. The Morgan fingerprint density at radius 1 is 1.50 bits per heavy atom. The van der Waals surface area contributed by atoms with Gasteiger partial charge in [0.05, 0.1) is 11.5 Å². The van der Waals surface area contributed by atoms with Gasteiger partial charge in [0.1, 0.15) is 5.82 Å². The van der Waals surface area contributed by atoms with Crippen LogP contribution in [0.25, 0.3) is 0 Å². The predicted molar refractivity (Wildman–Crippen MR) is 67.3 cm³/mol. The van der Waals surface area contributed by atoms with E-state index in [-0.39, 0.29) is 5.92 Å². The number of carboxylic acids is 1. The fourth-order valence-corrected chi connectivity index (χ4v) is 1.39. The molecule has 1 aromatic heterocycles. The maximum Gasteiger partial charge on any atom is 0.306 e. The minimum atomic E-state index is -0.779. The molecule has 4 N–H and O–H groups in total. The van der Waals surface area contributed by atoms with Crippen LogP contribution in [0.3, 0.4) is 0 Å². The summed E-state index contributed by atoms with van der Waals surface area (Å²) in [6, 6.07) is 3.26. The summed E-state index contributed by atoms with van der Waals surface area (Å²) in [6.45, 7) is 2.32. The highest BCUT2D eigenvalue weighted by Gasteiger charge is 2.09. The Hall–Kier alpha value is -2.11. The van der Waals surface area contributed by atoms with E-state index in [4.69, 9.17) is 10.8 Å². The zero-order chi connectivity index (χ0) is 13.5. The van der Waals surface area contributed by atoms with E-state index in [1.54, 1.807) is 19.1 Å². The number of anilines is 1. The molecule has 0 bridgehead atoms. The first-order valence-corrected chi connectivity index (χ1v) is 5.73. The van der Waals surface area contributed by atoms with Crippen LogP contribution in [0.1, 0.15) is 30.1 Å². The lowest BCUT2D eigenvalue weighted by Crippen LogP contribution is -2.13. The molecular weight excluding hydrogens is 234 g/mol. The molecule has 1 amide bonds. The summed E-state index contributed by atoms with van der Waals surface area (Å²) in [4.78, 5) is 25.4. The van der Waals surface area contributed by atoms with Crippen LogP contribution in [-0.2, 0) is 4.79 Å². The van der Waals surface area contributed by atoms with Gasteiger partial charge in [0.25, 0.3) is 0 Å². The van der Waals surface area contributed by atoms with Crippen LogP contribution in [0, 0.1) is 5.92 Å². The first-order valence-electron chi connectivity index (χ1n) is 5.73. The third kappa shape index (κ3) is 4.40. The molecule has 0 aromatic carbocycles. The van der Waals surface area contributed by atoms with Crippen LogP contribution < -0.4 is 11.1 Å². The van der Waals surface area contributed by atoms with E-state index >= 15 is 0 Å². The Morgan fingerprint density at radius 3 is 2.72 bits per heavy atom. The number of nitrogens with zero attached hydrogens (tertiary/aromatic N) is 1. The number of carboxylic acid groups (broad SMARTS) is 1. The molecule has 18 heavy (non-hydrogen) atoms. The normalized spacial score (nSPS) is 11.8. The highest BCUT2D eigenvalue weighted by Crippen LogP contribution is 2.08. The van der Waals surface area contributed by atoms with Crippen molar-refractivity contribution in [3.05, 3.63) is 23.9 Å². The molecule has 0 aliphatic carbocycles. The van der Waals surface area contributed by atoms with Crippen molar-refractivity contribution in [2.24, 2.45) is 11.7 Å². The number of aliphatic carboxylic acids is 1. The number of hydrogen-bond donors (Lipinski definition) is 3. The fourth-order valence-electron chi connectivity index (χ4n) is 1.39. The van der Waals surface area contributed by atoms with Gasteiger partial charge in [0, 0.05) is 12.7 Å². The van der Waals surface area contributed by atoms with Crippen LogP contribution in [-0.4, -0.2) is 28.5 Å². The molecule has 0 radical (unpaired) electrons. The Kier molecular flexibility index (Phi) is 5.10. The molecule has 0 fully saturated rings. The summed E-state index contributed by atoms with van der Waals surface area (Å²) >= 11 is 0. The van der Waals surface area contributed by atoms with Gasteiger partial charge in [0.2, 0.25) is 5.91 Å². The number of primary amides is 1. The topological polar surface area (TPSA) is 105 Å². The smallest absolute Gasteiger partial charge is 0.306 e. The minimum Gasteiger partial charge on any atom is -0.481 e. The van der Waals surface area contributed by atoms with E-state index in [9.17, 15) is 9.59 Å². The maximum atomic E-state index is 10.8. The van der Waals surface area contributed by atoms with Crippen molar-refractivity contribution in [3.8, 4) is 0 Å². The first-order chi connectivity index (χ1) is 8.50. The predicted octanol–water partition coefficient (Wildman–Crippen LogP) is 1.09. The number of nitrogens with two attached hydrogens (primary N) is 1. The molecule has 0 saturated carbocycles. The van der Waals surface area contributed by atoms with E-state index in [0.717, 1.165) is 6.42 Å². The van der Waals surface area contributed by atoms with Crippen molar-refractivity contribution >= 4 is 17.7 Å². The number of pyridine rings is 1. The molecule has 6 heteroatoms. The van der Waals surface area contributed by atoms with Gasteiger partial charge in [-0.3, -0.25) is 9.59 Å². The summed E-state index contributed by atoms with van der Waals surface area (Å²) in [6.07, 6.45) is 2.76. The zero-order valence-corrected chi connectivity index (χ0v) is 10.2. The van der Waals surface area contributed by atoms with Crippen molar-refractivity contribution in [1.82, 2.24) is 4.98 Å². The number of nitrogens with one attached hydrogen (secondary N) is 1. The molecule has 1 unspecified atom stereocenters. The average Bonchev–Trinajstić information content (AvgIpc) is 2.34. The average molecular weight is 251 g/mol. The second kappa shape index (κ2) is 6.58. The highest BCUT2D eigenvalue weighted by atomic mass is 16.4. The summed E-state index contributed by atoms with van der Waals surface area (Å²) < 4.78 is 0. The van der Waals surface area contributed by atoms with Gasteiger partial charge in [-0.15, -0.1) is 0 Å². The maximum absolute atomic E-state index is 10.8. The molecule has 1 aromatic rings. The van der Waals surface area contributed by atoms with E-state index in [1.165, 1.54) is 6.20 Å². The second-order valence-electron chi connectivity index (χ2n) is 4.10. The minimum absolute atomic E-state index is 0.336. The van der Waals surface area contributed by atoms with Crippen LogP contribution in [0.5, 0.6) is 0 Å². The zero-order valence-electron chi connectivity index (χ0n) is 10.2. The molecule has 6 nitrogen and oxygen atoms in total. The molecule has 0 aliphatic rings. The molecule has 98 valence electrons. The SMILES string of the molecule is CC(CCCNc1ccc(C(N)=O)cn1)C(=O)O. The van der Waals surface area contributed by atoms with Crippen molar-refractivity contribution in [3.63, 3.8) is 0 Å². The number of carbonyl (C=O) groups is 2. The monoisotopic (exact) mass is 251 g/mol. The third-order valence-corrected chi connectivity index (χ3v) is 2.59. The molecule has 0 saturated heterocycles. The van der Waals surface area contributed by atoms with Crippen molar-refractivity contribution in [1.29, 1.82) is 0 Å². The molecular formula is C12H17N3O3. The Balaban J connectivity index is 2.31. The van der Waals surface area contributed by atoms with Gasteiger partial charge >= 0.3 is 5.97 Å². The van der Waals surface area contributed by atoms with Gasteiger partial charge in [-0.2, -0.15) is 0 Å². The molecule has 1 heterocycles. The number of rotatable bonds is 7. The van der Waals surface area contributed by atoms with Crippen molar-refractivity contribution in [2.75, 3.05) is 11.9 Å². The molecule has 0 spiro atoms. The molecule has 1 rings (SSSR count). The van der Waals surface area contributed by atoms with Gasteiger partial charge in [-0.1, -0.05) is 6.92 Å². The number of hydrogen-bond acceptors (Lipinski definition) is 4. The van der Waals surface area contributed by atoms with Crippen LogP contribution >= 0.6 is 0 Å². The van der Waals surface area contributed by atoms with Crippen molar-refractivity contribution < 1.29 is 14.7 Å². The number of aromatic nitrogens is 1. The highest BCUT2D eigenvalue weighted by molar-refractivity contribution is 5.92. The van der Waals surface area contributed by atoms with E-state index in [2.05, 4.69) is 10.3 Å². The summed E-state index contributed by atoms with van der Waals surface area (Å²) in [5.74, 6) is -0.983.